The Morgan fingerprint density at radius 1 is 1.26 bits per heavy atom. The molecule has 27 heavy (non-hydrogen) atoms. The van der Waals surface area contributed by atoms with E-state index in [-0.39, 0.29) is 25.4 Å². The van der Waals surface area contributed by atoms with Crippen LogP contribution in [0.4, 0.5) is 0 Å². The molecule has 2 N–H and O–H groups in total. The zero-order chi connectivity index (χ0) is 19.1. The van der Waals surface area contributed by atoms with Crippen molar-refractivity contribution in [3.05, 3.63) is 59.9 Å². The number of nitrogens with one attached hydrogen (secondary N) is 1. The molecule has 142 valence electrons. The fraction of sp³-hybridized carbons (Fsp3) is 0.350. The van der Waals surface area contributed by atoms with Crippen molar-refractivity contribution in [2.45, 2.75) is 31.4 Å². The van der Waals surface area contributed by atoms with Crippen LogP contribution in [0.15, 0.2) is 48.8 Å². The SMILES string of the molecule is O=C(O)CC1(NC(=O)Cc2cccc(OCc3cccnc3)c2)CCOC1. The standard InChI is InChI=1S/C20H22N2O5/c23-18(22-20(11-19(24)25)6-8-26-14-20)10-15-3-1-5-17(9-15)27-13-16-4-2-7-21-12-16/h1-5,7,9,12H,6,8,10-11,13-14H2,(H,22,23)(H,24,25). The van der Waals surface area contributed by atoms with Crippen molar-refractivity contribution in [1.82, 2.24) is 10.3 Å². The van der Waals surface area contributed by atoms with Gasteiger partial charge in [0.05, 0.1) is 25.0 Å². The average Bonchev–Trinajstić information content (AvgIpc) is 3.08. The van der Waals surface area contributed by atoms with Gasteiger partial charge in [0.25, 0.3) is 0 Å². The van der Waals surface area contributed by atoms with Crippen molar-refractivity contribution in [2.75, 3.05) is 13.2 Å². The Morgan fingerprint density at radius 3 is 2.81 bits per heavy atom. The lowest BCUT2D eigenvalue weighted by atomic mass is 9.94. The highest BCUT2D eigenvalue weighted by Crippen LogP contribution is 2.23. The van der Waals surface area contributed by atoms with Crippen LogP contribution in [0, 0.1) is 0 Å². The minimum absolute atomic E-state index is 0.144. The Balaban J connectivity index is 1.58. The number of carbonyl (C=O) groups excluding carboxylic acids is 1. The molecule has 1 atom stereocenters. The number of nitrogens with zero attached hydrogens (tertiary/aromatic N) is 1. The number of pyridine rings is 1. The van der Waals surface area contributed by atoms with Gasteiger partial charge in [0.1, 0.15) is 12.4 Å². The topological polar surface area (TPSA) is 97.8 Å². The predicted molar refractivity (Wildman–Crippen MR) is 97.3 cm³/mol. The molecule has 1 aromatic heterocycles. The average molecular weight is 370 g/mol. The van der Waals surface area contributed by atoms with Crippen LogP contribution in [-0.2, 0) is 27.4 Å². The molecule has 0 radical (unpaired) electrons. The molecule has 1 amide bonds. The zero-order valence-electron chi connectivity index (χ0n) is 14.9. The first kappa shape index (κ1) is 18.8. The number of benzene rings is 1. The number of aromatic nitrogens is 1. The lowest BCUT2D eigenvalue weighted by Gasteiger charge is -2.27. The third-order valence-electron chi connectivity index (χ3n) is 4.39. The Labute approximate surface area is 157 Å². The van der Waals surface area contributed by atoms with E-state index in [0.29, 0.717) is 25.4 Å². The van der Waals surface area contributed by atoms with Crippen molar-refractivity contribution >= 4 is 11.9 Å². The van der Waals surface area contributed by atoms with E-state index in [9.17, 15) is 9.59 Å². The maximum absolute atomic E-state index is 12.4. The van der Waals surface area contributed by atoms with Crippen molar-refractivity contribution in [3.8, 4) is 5.75 Å². The Morgan fingerprint density at radius 2 is 2.11 bits per heavy atom. The number of hydrogen-bond donors (Lipinski definition) is 2. The van der Waals surface area contributed by atoms with E-state index in [1.807, 2.05) is 36.4 Å². The summed E-state index contributed by atoms with van der Waals surface area (Å²) in [5.41, 5.74) is 0.926. The molecule has 2 heterocycles. The summed E-state index contributed by atoms with van der Waals surface area (Å²) in [6, 6.07) is 11.1. The summed E-state index contributed by atoms with van der Waals surface area (Å²) in [7, 11) is 0. The van der Waals surface area contributed by atoms with Gasteiger partial charge < -0.3 is 19.9 Å². The van der Waals surface area contributed by atoms with Gasteiger partial charge in [-0.2, -0.15) is 0 Å². The van der Waals surface area contributed by atoms with Crippen molar-refractivity contribution in [2.24, 2.45) is 0 Å². The van der Waals surface area contributed by atoms with Crippen molar-refractivity contribution in [1.29, 1.82) is 0 Å². The molecule has 1 aliphatic heterocycles. The molecule has 1 fully saturated rings. The van der Waals surface area contributed by atoms with Gasteiger partial charge in [0.15, 0.2) is 0 Å². The fourth-order valence-electron chi connectivity index (χ4n) is 3.10. The van der Waals surface area contributed by atoms with Crippen LogP contribution in [0.5, 0.6) is 5.75 Å². The summed E-state index contributed by atoms with van der Waals surface area (Å²) in [5, 5.41) is 12.0. The van der Waals surface area contributed by atoms with Gasteiger partial charge in [-0.15, -0.1) is 0 Å². The number of ether oxygens (including phenoxy) is 2. The normalized spacial score (nSPS) is 18.8. The lowest BCUT2D eigenvalue weighted by Crippen LogP contribution is -2.51. The lowest BCUT2D eigenvalue weighted by molar-refractivity contribution is -0.139. The molecular weight excluding hydrogens is 348 g/mol. The number of carboxylic acids is 1. The minimum Gasteiger partial charge on any atom is -0.489 e. The van der Waals surface area contributed by atoms with Crippen LogP contribution in [0.25, 0.3) is 0 Å². The second-order valence-corrected chi connectivity index (χ2v) is 6.68. The van der Waals surface area contributed by atoms with Crippen LogP contribution in [0.1, 0.15) is 24.0 Å². The highest BCUT2D eigenvalue weighted by molar-refractivity contribution is 5.80. The third-order valence-corrected chi connectivity index (χ3v) is 4.39. The minimum atomic E-state index is -0.952. The second-order valence-electron chi connectivity index (χ2n) is 6.68. The second kappa shape index (κ2) is 8.64. The molecule has 3 rings (SSSR count). The number of rotatable bonds is 8. The van der Waals surface area contributed by atoms with E-state index in [4.69, 9.17) is 14.6 Å². The molecule has 0 spiro atoms. The number of aliphatic carboxylic acids is 1. The number of carbonyl (C=O) groups is 2. The molecule has 1 saturated heterocycles. The summed E-state index contributed by atoms with van der Waals surface area (Å²) in [6.07, 6.45) is 3.94. The quantitative estimate of drug-likeness (QED) is 0.737. The monoisotopic (exact) mass is 370 g/mol. The number of amides is 1. The van der Waals surface area contributed by atoms with Gasteiger partial charge in [-0.3, -0.25) is 14.6 Å². The fourth-order valence-corrected chi connectivity index (χ4v) is 3.10. The Kier molecular flexibility index (Phi) is 6.03. The molecule has 0 aliphatic carbocycles. The van der Waals surface area contributed by atoms with Gasteiger partial charge >= 0.3 is 5.97 Å². The van der Waals surface area contributed by atoms with Crippen LogP contribution >= 0.6 is 0 Å². The summed E-state index contributed by atoms with van der Waals surface area (Å²) in [6.45, 7) is 1.06. The summed E-state index contributed by atoms with van der Waals surface area (Å²) in [4.78, 5) is 27.6. The van der Waals surface area contributed by atoms with E-state index in [1.165, 1.54) is 0 Å². The molecule has 2 aromatic rings. The highest BCUT2D eigenvalue weighted by atomic mass is 16.5. The predicted octanol–water partition coefficient (Wildman–Crippen LogP) is 1.95. The van der Waals surface area contributed by atoms with Gasteiger partial charge in [-0.05, 0) is 30.2 Å². The van der Waals surface area contributed by atoms with E-state index in [0.717, 1.165) is 11.1 Å². The maximum atomic E-state index is 12.4. The van der Waals surface area contributed by atoms with E-state index in [2.05, 4.69) is 10.3 Å². The number of carboxylic acid groups (broad SMARTS) is 1. The molecule has 1 unspecified atom stereocenters. The van der Waals surface area contributed by atoms with Crippen molar-refractivity contribution < 1.29 is 24.2 Å². The summed E-state index contributed by atoms with van der Waals surface area (Å²) in [5.74, 6) is -0.522. The van der Waals surface area contributed by atoms with Gasteiger partial charge in [0, 0.05) is 24.6 Å². The molecule has 7 nitrogen and oxygen atoms in total. The Hall–Kier alpha value is -2.93. The first-order chi connectivity index (χ1) is 13.0. The molecule has 7 heteroatoms. The van der Waals surface area contributed by atoms with Crippen LogP contribution in [0.3, 0.4) is 0 Å². The van der Waals surface area contributed by atoms with Gasteiger partial charge in [0.2, 0.25) is 5.91 Å². The van der Waals surface area contributed by atoms with E-state index < -0.39 is 11.5 Å². The largest absolute Gasteiger partial charge is 0.489 e. The van der Waals surface area contributed by atoms with Crippen LogP contribution in [-0.4, -0.2) is 40.7 Å². The summed E-state index contributed by atoms with van der Waals surface area (Å²) >= 11 is 0. The van der Waals surface area contributed by atoms with E-state index in [1.54, 1.807) is 12.4 Å². The highest BCUT2D eigenvalue weighted by Gasteiger charge is 2.38. The smallest absolute Gasteiger partial charge is 0.305 e. The van der Waals surface area contributed by atoms with Gasteiger partial charge in [-0.1, -0.05) is 18.2 Å². The van der Waals surface area contributed by atoms with E-state index >= 15 is 0 Å². The molecule has 1 aliphatic rings. The number of hydrogen-bond acceptors (Lipinski definition) is 5. The zero-order valence-corrected chi connectivity index (χ0v) is 14.9. The summed E-state index contributed by atoms with van der Waals surface area (Å²) < 4.78 is 11.1. The Bertz CT molecular complexity index is 788. The first-order valence-corrected chi connectivity index (χ1v) is 8.76. The van der Waals surface area contributed by atoms with Gasteiger partial charge in [-0.25, -0.2) is 0 Å². The van der Waals surface area contributed by atoms with Crippen molar-refractivity contribution in [3.63, 3.8) is 0 Å². The third kappa shape index (κ3) is 5.52. The van der Waals surface area contributed by atoms with Crippen LogP contribution < -0.4 is 10.1 Å². The van der Waals surface area contributed by atoms with Crippen LogP contribution in [0.2, 0.25) is 0 Å². The maximum Gasteiger partial charge on any atom is 0.305 e. The molecule has 0 saturated carbocycles. The molecular formula is C20H22N2O5. The molecule has 0 bridgehead atoms. The molecule has 1 aromatic carbocycles. The first-order valence-electron chi connectivity index (χ1n) is 8.76.